The second-order valence-corrected chi connectivity index (χ2v) is 4.66. The maximum atomic E-state index is 6.27. The Morgan fingerprint density at radius 3 is 2.69 bits per heavy atom. The molecule has 16 heavy (non-hydrogen) atoms. The van der Waals surface area contributed by atoms with Gasteiger partial charge in [0.25, 0.3) is 0 Å². The van der Waals surface area contributed by atoms with Gasteiger partial charge in [0.05, 0.1) is 0 Å². The van der Waals surface area contributed by atoms with Gasteiger partial charge in [-0.1, -0.05) is 61.7 Å². The summed E-state index contributed by atoms with van der Waals surface area (Å²) in [5.41, 5.74) is 1.36. The molecule has 0 aliphatic heterocycles. The van der Waals surface area contributed by atoms with Crippen molar-refractivity contribution in [2.45, 2.75) is 32.6 Å². The summed E-state index contributed by atoms with van der Waals surface area (Å²) in [7, 11) is 0. The monoisotopic (exact) mass is 232 g/mol. The Balaban J connectivity index is 2.27. The van der Waals surface area contributed by atoms with Crippen molar-refractivity contribution in [2.75, 3.05) is 0 Å². The summed E-state index contributed by atoms with van der Waals surface area (Å²) in [6.45, 7) is 2.23. The number of fused-ring (bicyclic) bond motifs is 1. The van der Waals surface area contributed by atoms with Crippen molar-refractivity contribution in [3.8, 4) is 0 Å². The molecule has 0 heterocycles. The third kappa shape index (κ3) is 2.56. The fraction of sp³-hybridized carbons (Fsp3) is 0.333. The van der Waals surface area contributed by atoms with E-state index in [-0.39, 0.29) is 0 Å². The second kappa shape index (κ2) is 5.36. The van der Waals surface area contributed by atoms with Crippen molar-refractivity contribution in [3.05, 3.63) is 47.0 Å². The molecular weight excluding hydrogens is 216 g/mol. The Morgan fingerprint density at radius 2 is 1.88 bits per heavy atom. The molecule has 0 bridgehead atoms. The highest BCUT2D eigenvalue weighted by Crippen LogP contribution is 2.25. The molecule has 2 aromatic rings. The quantitative estimate of drug-likeness (QED) is 0.634. The summed E-state index contributed by atoms with van der Waals surface area (Å²) >= 11 is 6.27. The molecule has 0 nitrogen and oxygen atoms in total. The van der Waals surface area contributed by atoms with E-state index < -0.39 is 0 Å². The van der Waals surface area contributed by atoms with Gasteiger partial charge in [0, 0.05) is 10.4 Å². The van der Waals surface area contributed by atoms with Crippen LogP contribution in [0.2, 0.25) is 5.02 Å². The van der Waals surface area contributed by atoms with E-state index in [0.717, 1.165) is 16.8 Å². The summed E-state index contributed by atoms with van der Waals surface area (Å²) < 4.78 is 0. The largest absolute Gasteiger partial charge is 0.0837 e. The number of hydrogen-bond acceptors (Lipinski definition) is 0. The standard InChI is InChI=1S/C15H17Cl/c1-2-3-4-7-12-10-13-8-5-6-9-14(13)15(16)11-12/h5-6,8-11H,2-4,7H2,1H3. The van der Waals surface area contributed by atoms with Crippen LogP contribution in [0.25, 0.3) is 10.8 Å². The van der Waals surface area contributed by atoms with Crippen LogP contribution in [-0.4, -0.2) is 0 Å². The first-order valence-corrected chi connectivity index (χ1v) is 6.36. The third-order valence-corrected chi connectivity index (χ3v) is 3.25. The van der Waals surface area contributed by atoms with Crippen molar-refractivity contribution in [3.63, 3.8) is 0 Å². The number of aryl methyl sites for hydroxylation is 1. The van der Waals surface area contributed by atoms with Crippen LogP contribution in [0.4, 0.5) is 0 Å². The topological polar surface area (TPSA) is 0 Å². The molecule has 0 aromatic heterocycles. The summed E-state index contributed by atoms with van der Waals surface area (Å²) in [5, 5.41) is 3.29. The summed E-state index contributed by atoms with van der Waals surface area (Å²) in [6.07, 6.45) is 4.95. The Bertz CT molecular complexity index is 474. The van der Waals surface area contributed by atoms with Gasteiger partial charge >= 0.3 is 0 Å². The smallest absolute Gasteiger partial charge is 0.0487 e. The third-order valence-electron chi connectivity index (χ3n) is 2.94. The first-order chi connectivity index (χ1) is 7.81. The lowest BCUT2D eigenvalue weighted by molar-refractivity contribution is 0.718. The van der Waals surface area contributed by atoms with Crippen LogP contribution < -0.4 is 0 Å². The Morgan fingerprint density at radius 1 is 1.06 bits per heavy atom. The van der Waals surface area contributed by atoms with Crippen molar-refractivity contribution in [1.29, 1.82) is 0 Å². The lowest BCUT2D eigenvalue weighted by Crippen LogP contribution is -1.86. The second-order valence-electron chi connectivity index (χ2n) is 4.26. The molecule has 0 saturated carbocycles. The zero-order chi connectivity index (χ0) is 11.4. The molecule has 0 atom stereocenters. The zero-order valence-corrected chi connectivity index (χ0v) is 10.4. The van der Waals surface area contributed by atoms with E-state index in [2.05, 4.69) is 37.3 Å². The summed E-state index contributed by atoms with van der Waals surface area (Å²) in [4.78, 5) is 0. The minimum Gasteiger partial charge on any atom is -0.0837 e. The van der Waals surface area contributed by atoms with Crippen LogP contribution >= 0.6 is 11.6 Å². The first-order valence-electron chi connectivity index (χ1n) is 5.98. The predicted octanol–water partition coefficient (Wildman–Crippen LogP) is 5.23. The fourth-order valence-corrected chi connectivity index (χ4v) is 2.36. The molecule has 2 rings (SSSR count). The molecule has 0 amide bonds. The molecule has 0 saturated heterocycles. The van der Waals surface area contributed by atoms with Gasteiger partial charge in [-0.25, -0.2) is 0 Å². The average molecular weight is 233 g/mol. The molecule has 0 unspecified atom stereocenters. The van der Waals surface area contributed by atoms with Crippen molar-refractivity contribution in [2.24, 2.45) is 0 Å². The van der Waals surface area contributed by atoms with Gasteiger partial charge in [-0.2, -0.15) is 0 Å². The molecule has 0 fully saturated rings. The number of benzene rings is 2. The van der Waals surface area contributed by atoms with Crippen LogP contribution in [0.1, 0.15) is 31.7 Å². The summed E-state index contributed by atoms with van der Waals surface area (Å²) in [5.74, 6) is 0. The first kappa shape index (κ1) is 11.5. The summed E-state index contributed by atoms with van der Waals surface area (Å²) in [6, 6.07) is 12.7. The minimum absolute atomic E-state index is 0.879. The number of unbranched alkanes of at least 4 members (excludes halogenated alkanes) is 2. The molecule has 2 aromatic carbocycles. The van der Waals surface area contributed by atoms with Gasteiger partial charge in [-0.3, -0.25) is 0 Å². The maximum absolute atomic E-state index is 6.27. The van der Waals surface area contributed by atoms with Crippen molar-refractivity contribution in [1.82, 2.24) is 0 Å². The van der Waals surface area contributed by atoms with Gasteiger partial charge < -0.3 is 0 Å². The Labute approximate surface area is 102 Å². The van der Waals surface area contributed by atoms with E-state index in [4.69, 9.17) is 11.6 Å². The molecule has 0 radical (unpaired) electrons. The van der Waals surface area contributed by atoms with Crippen LogP contribution in [0.5, 0.6) is 0 Å². The van der Waals surface area contributed by atoms with Gasteiger partial charge in [0.2, 0.25) is 0 Å². The van der Waals surface area contributed by atoms with E-state index in [1.165, 1.54) is 30.2 Å². The van der Waals surface area contributed by atoms with Crippen LogP contribution in [0.3, 0.4) is 0 Å². The van der Waals surface area contributed by atoms with Crippen LogP contribution in [0, 0.1) is 0 Å². The Hall–Kier alpha value is -1.01. The molecule has 0 spiro atoms. The SMILES string of the molecule is CCCCCc1cc(Cl)c2ccccc2c1. The van der Waals surface area contributed by atoms with E-state index >= 15 is 0 Å². The molecule has 0 aliphatic rings. The number of rotatable bonds is 4. The molecule has 0 aliphatic carbocycles. The number of hydrogen-bond donors (Lipinski definition) is 0. The van der Waals surface area contributed by atoms with Crippen LogP contribution in [-0.2, 0) is 6.42 Å². The lowest BCUT2D eigenvalue weighted by atomic mass is 10.0. The fourth-order valence-electron chi connectivity index (χ4n) is 2.05. The number of halogens is 1. The Kier molecular flexibility index (Phi) is 3.84. The maximum Gasteiger partial charge on any atom is 0.0487 e. The molecular formula is C15H17Cl. The van der Waals surface area contributed by atoms with E-state index in [0.29, 0.717) is 0 Å². The predicted molar refractivity (Wildman–Crippen MR) is 72.2 cm³/mol. The molecule has 84 valence electrons. The highest BCUT2D eigenvalue weighted by atomic mass is 35.5. The lowest BCUT2D eigenvalue weighted by Gasteiger charge is -2.05. The van der Waals surface area contributed by atoms with Crippen molar-refractivity contribution >= 4 is 22.4 Å². The highest BCUT2D eigenvalue weighted by molar-refractivity contribution is 6.35. The normalized spacial score (nSPS) is 10.9. The van der Waals surface area contributed by atoms with E-state index in [9.17, 15) is 0 Å². The molecule has 0 N–H and O–H groups in total. The van der Waals surface area contributed by atoms with Gasteiger partial charge in [-0.15, -0.1) is 0 Å². The molecule has 1 heteroatoms. The van der Waals surface area contributed by atoms with Crippen molar-refractivity contribution < 1.29 is 0 Å². The van der Waals surface area contributed by atoms with Crippen LogP contribution in [0.15, 0.2) is 36.4 Å². The van der Waals surface area contributed by atoms with Gasteiger partial charge in [0.15, 0.2) is 0 Å². The van der Waals surface area contributed by atoms with E-state index in [1.807, 2.05) is 6.07 Å². The highest BCUT2D eigenvalue weighted by Gasteiger charge is 2.01. The van der Waals surface area contributed by atoms with Gasteiger partial charge in [-0.05, 0) is 29.9 Å². The average Bonchev–Trinajstić information content (AvgIpc) is 2.30. The van der Waals surface area contributed by atoms with E-state index in [1.54, 1.807) is 0 Å². The zero-order valence-electron chi connectivity index (χ0n) is 9.67. The minimum atomic E-state index is 0.879. The van der Waals surface area contributed by atoms with Gasteiger partial charge in [0.1, 0.15) is 0 Å².